The van der Waals surface area contributed by atoms with Crippen molar-refractivity contribution < 1.29 is 13.9 Å². The van der Waals surface area contributed by atoms with E-state index < -0.39 is 11.9 Å². The molecule has 8 heteroatoms. The summed E-state index contributed by atoms with van der Waals surface area (Å²) in [5.41, 5.74) is 0.124. The summed E-state index contributed by atoms with van der Waals surface area (Å²) in [6, 6.07) is 4.50. The summed E-state index contributed by atoms with van der Waals surface area (Å²) in [5.74, 6) is -0.647. The first-order valence-electron chi connectivity index (χ1n) is 7.96. The van der Waals surface area contributed by atoms with Crippen LogP contribution in [0.5, 0.6) is 0 Å². The van der Waals surface area contributed by atoms with Crippen LogP contribution in [0.15, 0.2) is 18.2 Å². The van der Waals surface area contributed by atoms with Crippen LogP contribution >= 0.6 is 22.9 Å². The van der Waals surface area contributed by atoms with Gasteiger partial charge in [-0.25, -0.2) is 4.39 Å². The zero-order valence-electron chi connectivity index (χ0n) is 14.3. The van der Waals surface area contributed by atoms with E-state index in [4.69, 9.17) is 16.3 Å². The van der Waals surface area contributed by atoms with Crippen LogP contribution in [0.3, 0.4) is 0 Å². The fourth-order valence-corrected chi connectivity index (χ4v) is 3.73. The number of rotatable bonds is 2. The number of aromatic nitrogens is 2. The number of carbonyl (C=O) groups is 1. The molecule has 1 amide bonds. The SMILES string of the molecule is CC(C)(C)c1nnc(C(=O)N2CCOC(c3c(F)cccc3Cl)C2)s1. The van der Waals surface area contributed by atoms with Crippen LogP contribution in [0.4, 0.5) is 4.39 Å². The van der Waals surface area contributed by atoms with Crippen LogP contribution in [0.2, 0.25) is 5.02 Å². The summed E-state index contributed by atoms with van der Waals surface area (Å²) in [4.78, 5) is 14.4. The van der Waals surface area contributed by atoms with Gasteiger partial charge in [-0.2, -0.15) is 0 Å². The van der Waals surface area contributed by atoms with Crippen LogP contribution < -0.4 is 0 Å². The maximum Gasteiger partial charge on any atom is 0.285 e. The molecular formula is C17H19ClFN3O2S. The number of nitrogens with zero attached hydrogens (tertiary/aromatic N) is 3. The lowest BCUT2D eigenvalue weighted by atomic mass is 9.98. The molecule has 0 spiro atoms. The van der Waals surface area contributed by atoms with E-state index in [1.807, 2.05) is 20.8 Å². The Labute approximate surface area is 154 Å². The van der Waals surface area contributed by atoms with Crippen LogP contribution in [0, 0.1) is 5.82 Å². The van der Waals surface area contributed by atoms with Crippen LogP contribution in [0.25, 0.3) is 0 Å². The van der Waals surface area contributed by atoms with Crippen LogP contribution in [0.1, 0.15) is 47.2 Å². The molecule has 1 aliphatic heterocycles. The Hall–Kier alpha value is -1.57. The van der Waals surface area contributed by atoms with Crippen LogP contribution in [-0.4, -0.2) is 40.7 Å². The molecule has 1 aromatic carbocycles. The highest BCUT2D eigenvalue weighted by atomic mass is 35.5. The minimum atomic E-state index is -0.596. The lowest BCUT2D eigenvalue weighted by Crippen LogP contribution is -2.42. The first kappa shape index (κ1) is 18.2. The third kappa shape index (κ3) is 3.83. The zero-order valence-corrected chi connectivity index (χ0v) is 15.8. The largest absolute Gasteiger partial charge is 0.370 e. The maximum absolute atomic E-state index is 14.1. The van der Waals surface area contributed by atoms with E-state index in [1.54, 1.807) is 17.0 Å². The van der Waals surface area contributed by atoms with Gasteiger partial charge in [-0.3, -0.25) is 4.79 Å². The molecule has 1 saturated heterocycles. The molecule has 2 aromatic rings. The van der Waals surface area contributed by atoms with Gasteiger partial charge in [0, 0.05) is 22.5 Å². The van der Waals surface area contributed by atoms with Crippen LogP contribution in [-0.2, 0) is 10.2 Å². The van der Waals surface area contributed by atoms with E-state index in [0.29, 0.717) is 23.2 Å². The number of carbonyl (C=O) groups excluding carboxylic acids is 1. The molecule has 0 radical (unpaired) electrons. The number of benzene rings is 1. The summed E-state index contributed by atoms with van der Waals surface area (Å²) in [6.45, 7) is 7.02. The monoisotopic (exact) mass is 383 g/mol. The van der Waals surface area contributed by atoms with Gasteiger partial charge in [0.15, 0.2) is 0 Å². The highest BCUT2D eigenvalue weighted by molar-refractivity contribution is 7.13. The summed E-state index contributed by atoms with van der Waals surface area (Å²) in [5, 5.41) is 9.58. The summed E-state index contributed by atoms with van der Waals surface area (Å²) < 4.78 is 19.8. The van der Waals surface area contributed by atoms with E-state index in [9.17, 15) is 9.18 Å². The second kappa shape index (κ2) is 6.97. The van der Waals surface area contributed by atoms with Gasteiger partial charge < -0.3 is 9.64 Å². The van der Waals surface area contributed by atoms with Crippen molar-refractivity contribution >= 4 is 28.8 Å². The Morgan fingerprint density at radius 1 is 1.40 bits per heavy atom. The maximum atomic E-state index is 14.1. The topological polar surface area (TPSA) is 55.3 Å². The van der Waals surface area contributed by atoms with Crippen molar-refractivity contribution in [3.63, 3.8) is 0 Å². The molecule has 25 heavy (non-hydrogen) atoms. The second-order valence-corrected chi connectivity index (χ2v) is 8.29. The van der Waals surface area contributed by atoms with Crippen molar-refractivity contribution in [2.24, 2.45) is 0 Å². The van der Waals surface area contributed by atoms with E-state index in [2.05, 4.69) is 10.2 Å². The van der Waals surface area contributed by atoms with Gasteiger partial charge in [-0.05, 0) is 12.1 Å². The van der Waals surface area contributed by atoms with Gasteiger partial charge in [0.25, 0.3) is 5.91 Å². The minimum absolute atomic E-state index is 0.162. The predicted octanol–water partition coefficient (Wildman–Crippen LogP) is 3.84. The number of hydrogen-bond donors (Lipinski definition) is 0. The number of halogens is 2. The van der Waals surface area contributed by atoms with Crippen molar-refractivity contribution in [2.75, 3.05) is 19.7 Å². The van der Waals surface area contributed by atoms with Crippen molar-refractivity contribution in [2.45, 2.75) is 32.3 Å². The van der Waals surface area contributed by atoms with Gasteiger partial charge in [-0.15, -0.1) is 10.2 Å². The Morgan fingerprint density at radius 3 is 2.80 bits per heavy atom. The number of morpholine rings is 1. The van der Waals surface area contributed by atoms with E-state index in [0.717, 1.165) is 5.01 Å². The molecule has 3 rings (SSSR count). The molecule has 1 unspecified atom stereocenters. The molecule has 2 heterocycles. The summed E-state index contributed by atoms with van der Waals surface area (Å²) in [7, 11) is 0. The van der Waals surface area contributed by atoms with Crippen molar-refractivity contribution in [1.82, 2.24) is 15.1 Å². The fourth-order valence-electron chi connectivity index (χ4n) is 2.57. The van der Waals surface area contributed by atoms with Gasteiger partial charge >= 0.3 is 0 Å². The summed E-state index contributed by atoms with van der Waals surface area (Å²) in [6.07, 6.45) is -0.596. The highest BCUT2D eigenvalue weighted by Crippen LogP contribution is 2.32. The smallest absolute Gasteiger partial charge is 0.285 e. The Balaban J connectivity index is 1.79. The minimum Gasteiger partial charge on any atom is -0.370 e. The number of ether oxygens (including phenoxy) is 1. The predicted molar refractivity (Wildman–Crippen MR) is 94.6 cm³/mol. The molecule has 5 nitrogen and oxygen atoms in total. The molecule has 1 fully saturated rings. The van der Waals surface area contributed by atoms with E-state index in [1.165, 1.54) is 17.4 Å². The molecule has 0 saturated carbocycles. The Bertz CT molecular complexity index is 770. The van der Waals surface area contributed by atoms with Gasteiger partial charge in [0.1, 0.15) is 16.9 Å². The van der Waals surface area contributed by atoms with E-state index >= 15 is 0 Å². The van der Waals surface area contributed by atoms with Crippen molar-refractivity contribution in [1.29, 1.82) is 0 Å². The van der Waals surface area contributed by atoms with Gasteiger partial charge in [0.2, 0.25) is 5.01 Å². The molecule has 0 N–H and O–H groups in total. The molecule has 134 valence electrons. The molecular weight excluding hydrogens is 365 g/mol. The standard InChI is InChI=1S/C17H19ClFN3O2S/c1-17(2,3)16-21-20-14(25-16)15(23)22-7-8-24-12(9-22)13-10(18)5-4-6-11(13)19/h4-6,12H,7-9H2,1-3H3. The molecule has 1 atom stereocenters. The van der Waals surface area contributed by atoms with Gasteiger partial charge in [0.05, 0.1) is 13.2 Å². The van der Waals surface area contributed by atoms with Crippen molar-refractivity contribution in [3.8, 4) is 0 Å². The first-order valence-corrected chi connectivity index (χ1v) is 9.15. The quantitative estimate of drug-likeness (QED) is 0.790. The molecule has 1 aliphatic rings. The lowest BCUT2D eigenvalue weighted by Gasteiger charge is -2.33. The summed E-state index contributed by atoms with van der Waals surface area (Å²) >= 11 is 7.41. The zero-order chi connectivity index (χ0) is 18.2. The third-order valence-corrected chi connectivity index (χ3v) is 5.59. The molecule has 0 aliphatic carbocycles. The van der Waals surface area contributed by atoms with Gasteiger partial charge in [-0.1, -0.05) is 49.8 Å². The number of hydrogen-bond acceptors (Lipinski definition) is 5. The van der Waals surface area contributed by atoms with Crippen molar-refractivity contribution in [3.05, 3.63) is 44.6 Å². The Morgan fingerprint density at radius 2 is 2.16 bits per heavy atom. The highest BCUT2D eigenvalue weighted by Gasteiger charge is 2.31. The normalized spacial score (nSPS) is 18.4. The third-order valence-electron chi connectivity index (χ3n) is 3.92. The second-order valence-electron chi connectivity index (χ2n) is 6.91. The first-order chi connectivity index (χ1) is 11.8. The molecule has 1 aromatic heterocycles. The average molecular weight is 384 g/mol. The number of amides is 1. The average Bonchev–Trinajstić information content (AvgIpc) is 3.04. The van der Waals surface area contributed by atoms with E-state index in [-0.39, 0.29) is 23.4 Å². The fraction of sp³-hybridized carbons (Fsp3) is 0.471. The Kier molecular flexibility index (Phi) is 5.09. The molecule has 0 bridgehead atoms. The lowest BCUT2D eigenvalue weighted by molar-refractivity contribution is -0.0242.